The number of rotatable bonds is 4. The molecule has 0 fully saturated rings. The maximum Gasteiger partial charge on any atom is 0.133 e. The zero-order chi connectivity index (χ0) is 13.0. The molecule has 0 aliphatic rings. The molecule has 92 valence electrons. The van der Waals surface area contributed by atoms with E-state index in [-0.39, 0.29) is 0 Å². The molecule has 0 aliphatic carbocycles. The fraction of sp³-hybridized carbons (Fsp3) is 0.143. The summed E-state index contributed by atoms with van der Waals surface area (Å²) in [6, 6.07) is 12.6. The molecule has 0 spiro atoms. The molecule has 0 saturated heterocycles. The number of hydrogen-bond acceptors (Lipinski definition) is 3. The van der Waals surface area contributed by atoms with Crippen LogP contribution in [0.1, 0.15) is 17.2 Å². The Hall–Kier alpha value is -1.87. The van der Waals surface area contributed by atoms with Crippen molar-refractivity contribution in [2.75, 3.05) is 7.11 Å². The number of nitrogens with zero attached hydrogens (tertiary/aromatic N) is 1. The molecule has 1 aromatic carbocycles. The fourth-order valence-electron chi connectivity index (χ4n) is 1.75. The number of aldehydes is 1. The number of pyridine rings is 1. The number of methoxy groups -OCH3 is 1. The highest BCUT2D eigenvalue weighted by atomic mass is 35.5. The van der Waals surface area contributed by atoms with Crippen molar-refractivity contribution in [2.24, 2.45) is 0 Å². The van der Waals surface area contributed by atoms with Crippen LogP contribution in [0.15, 0.2) is 42.5 Å². The maximum atomic E-state index is 11.3. The Morgan fingerprint density at radius 1 is 1.28 bits per heavy atom. The quantitative estimate of drug-likeness (QED) is 0.627. The zero-order valence-electron chi connectivity index (χ0n) is 9.84. The Kier molecular flexibility index (Phi) is 3.95. The first-order valence-electron chi connectivity index (χ1n) is 5.46. The van der Waals surface area contributed by atoms with Gasteiger partial charge in [0.15, 0.2) is 0 Å². The van der Waals surface area contributed by atoms with Gasteiger partial charge >= 0.3 is 0 Å². The molecule has 0 radical (unpaired) electrons. The van der Waals surface area contributed by atoms with Crippen molar-refractivity contribution >= 4 is 17.9 Å². The van der Waals surface area contributed by atoms with Crippen LogP contribution < -0.4 is 4.74 Å². The second-order valence-corrected chi connectivity index (χ2v) is 4.16. The Balaban J connectivity index is 2.41. The third-order valence-electron chi connectivity index (χ3n) is 2.64. The van der Waals surface area contributed by atoms with Crippen molar-refractivity contribution in [3.63, 3.8) is 0 Å². The van der Waals surface area contributed by atoms with Crippen LogP contribution in [-0.4, -0.2) is 18.4 Å². The minimum Gasteiger partial charge on any atom is -0.497 e. The van der Waals surface area contributed by atoms with E-state index in [4.69, 9.17) is 16.3 Å². The lowest BCUT2D eigenvalue weighted by atomic mass is 9.96. The van der Waals surface area contributed by atoms with Gasteiger partial charge in [0.1, 0.15) is 17.2 Å². The van der Waals surface area contributed by atoms with Crippen LogP contribution in [0.25, 0.3) is 0 Å². The summed E-state index contributed by atoms with van der Waals surface area (Å²) in [7, 11) is 1.59. The van der Waals surface area contributed by atoms with Gasteiger partial charge in [-0.3, -0.25) is 0 Å². The maximum absolute atomic E-state index is 11.3. The molecular formula is C14H12ClNO2. The molecule has 0 aliphatic heterocycles. The van der Waals surface area contributed by atoms with E-state index < -0.39 is 5.92 Å². The summed E-state index contributed by atoms with van der Waals surface area (Å²) in [4.78, 5) is 15.5. The summed E-state index contributed by atoms with van der Waals surface area (Å²) < 4.78 is 5.15. The summed E-state index contributed by atoms with van der Waals surface area (Å²) in [5.74, 6) is 0.278. The van der Waals surface area contributed by atoms with E-state index in [0.29, 0.717) is 16.6 Å². The molecule has 0 saturated carbocycles. The number of halogens is 1. The monoisotopic (exact) mass is 261 g/mol. The van der Waals surface area contributed by atoms with Gasteiger partial charge in [-0.1, -0.05) is 29.8 Å². The topological polar surface area (TPSA) is 39.2 Å². The van der Waals surface area contributed by atoms with E-state index in [0.717, 1.165) is 11.8 Å². The summed E-state index contributed by atoms with van der Waals surface area (Å²) in [5, 5.41) is 0.377. The molecule has 1 atom stereocenters. The molecular weight excluding hydrogens is 250 g/mol. The summed E-state index contributed by atoms with van der Waals surface area (Å²) in [6.07, 6.45) is 0.855. The third kappa shape index (κ3) is 2.68. The van der Waals surface area contributed by atoms with Gasteiger partial charge in [-0.2, -0.15) is 0 Å². The van der Waals surface area contributed by atoms with Crippen LogP contribution >= 0.6 is 11.6 Å². The normalized spacial score (nSPS) is 11.9. The smallest absolute Gasteiger partial charge is 0.133 e. The number of ether oxygens (including phenoxy) is 1. The molecule has 0 amide bonds. The van der Waals surface area contributed by atoms with Crippen molar-refractivity contribution < 1.29 is 9.53 Å². The first-order valence-corrected chi connectivity index (χ1v) is 5.84. The van der Waals surface area contributed by atoms with Crippen LogP contribution in [0.2, 0.25) is 5.15 Å². The first kappa shape index (κ1) is 12.6. The van der Waals surface area contributed by atoms with E-state index in [1.807, 2.05) is 24.3 Å². The molecule has 0 bridgehead atoms. The van der Waals surface area contributed by atoms with Gasteiger partial charge in [0.25, 0.3) is 0 Å². The van der Waals surface area contributed by atoms with Gasteiger partial charge in [0, 0.05) is 0 Å². The highest BCUT2D eigenvalue weighted by Crippen LogP contribution is 2.25. The SMILES string of the molecule is COc1cccc(C(C=O)c2cccc(Cl)n2)c1. The molecule has 0 N–H and O–H groups in total. The number of hydrogen-bond donors (Lipinski definition) is 0. The van der Waals surface area contributed by atoms with E-state index in [9.17, 15) is 4.79 Å². The molecule has 2 rings (SSSR count). The van der Waals surface area contributed by atoms with Gasteiger partial charge in [-0.25, -0.2) is 4.98 Å². The van der Waals surface area contributed by atoms with Gasteiger partial charge in [0.05, 0.1) is 18.7 Å². The zero-order valence-corrected chi connectivity index (χ0v) is 10.6. The lowest BCUT2D eigenvalue weighted by molar-refractivity contribution is -0.108. The summed E-state index contributed by atoms with van der Waals surface area (Å²) >= 11 is 5.84. The Morgan fingerprint density at radius 3 is 2.72 bits per heavy atom. The van der Waals surface area contributed by atoms with Crippen LogP contribution in [0.5, 0.6) is 5.75 Å². The molecule has 18 heavy (non-hydrogen) atoms. The lowest BCUT2D eigenvalue weighted by Gasteiger charge is -2.11. The summed E-state index contributed by atoms with van der Waals surface area (Å²) in [6.45, 7) is 0. The molecule has 1 heterocycles. The number of aromatic nitrogens is 1. The predicted octanol–water partition coefficient (Wildman–Crippen LogP) is 3.07. The Bertz CT molecular complexity index is 557. The second kappa shape index (κ2) is 5.65. The van der Waals surface area contributed by atoms with Gasteiger partial charge < -0.3 is 9.53 Å². The van der Waals surface area contributed by atoms with E-state index >= 15 is 0 Å². The van der Waals surface area contributed by atoms with Gasteiger partial charge in [0.2, 0.25) is 0 Å². The first-order chi connectivity index (χ1) is 8.74. The van der Waals surface area contributed by atoms with E-state index in [1.54, 1.807) is 25.3 Å². The predicted molar refractivity (Wildman–Crippen MR) is 70.1 cm³/mol. The largest absolute Gasteiger partial charge is 0.497 e. The second-order valence-electron chi connectivity index (χ2n) is 3.78. The highest BCUT2D eigenvalue weighted by Gasteiger charge is 2.15. The van der Waals surface area contributed by atoms with Crippen molar-refractivity contribution in [1.29, 1.82) is 0 Å². The van der Waals surface area contributed by atoms with Crippen LogP contribution in [-0.2, 0) is 4.79 Å². The van der Waals surface area contributed by atoms with Crippen molar-refractivity contribution in [3.8, 4) is 5.75 Å². The average Bonchev–Trinajstić information content (AvgIpc) is 2.40. The molecule has 1 aromatic heterocycles. The van der Waals surface area contributed by atoms with Crippen LogP contribution in [0, 0.1) is 0 Å². The fourth-order valence-corrected chi connectivity index (χ4v) is 1.92. The third-order valence-corrected chi connectivity index (χ3v) is 2.85. The van der Waals surface area contributed by atoms with Crippen LogP contribution in [0.4, 0.5) is 0 Å². The number of carbonyl (C=O) groups is 1. The van der Waals surface area contributed by atoms with E-state index in [2.05, 4.69) is 4.98 Å². The Morgan fingerprint density at radius 2 is 2.06 bits per heavy atom. The molecule has 3 nitrogen and oxygen atoms in total. The molecule has 4 heteroatoms. The number of carbonyl (C=O) groups excluding carboxylic acids is 1. The van der Waals surface area contributed by atoms with Crippen molar-refractivity contribution in [1.82, 2.24) is 4.98 Å². The standard InChI is InChI=1S/C14H12ClNO2/c1-18-11-5-2-4-10(8-11)12(9-17)13-6-3-7-14(15)16-13/h2-9,12H,1H3. The lowest BCUT2D eigenvalue weighted by Crippen LogP contribution is -2.05. The summed E-state index contributed by atoms with van der Waals surface area (Å²) in [5.41, 5.74) is 1.46. The van der Waals surface area contributed by atoms with Crippen molar-refractivity contribution in [3.05, 3.63) is 58.9 Å². The van der Waals surface area contributed by atoms with Crippen LogP contribution in [0.3, 0.4) is 0 Å². The van der Waals surface area contributed by atoms with Gasteiger partial charge in [-0.05, 0) is 29.8 Å². The number of benzene rings is 1. The minimum absolute atomic E-state index is 0.377. The molecule has 2 aromatic rings. The average molecular weight is 262 g/mol. The Labute approximate surface area is 110 Å². The minimum atomic E-state index is -0.432. The van der Waals surface area contributed by atoms with Crippen molar-refractivity contribution in [2.45, 2.75) is 5.92 Å². The van der Waals surface area contributed by atoms with Gasteiger partial charge in [-0.15, -0.1) is 0 Å². The highest BCUT2D eigenvalue weighted by molar-refractivity contribution is 6.29. The molecule has 1 unspecified atom stereocenters. The van der Waals surface area contributed by atoms with E-state index in [1.165, 1.54) is 0 Å².